The lowest BCUT2D eigenvalue weighted by Gasteiger charge is -2.19. The number of ether oxygens (including phenoxy) is 2. The van der Waals surface area contributed by atoms with Gasteiger partial charge in [-0.15, -0.1) is 11.3 Å². The number of hydrogen-bond acceptors (Lipinski definition) is 6. The first-order valence-electron chi connectivity index (χ1n) is 9.84. The minimum atomic E-state index is -0.361. The number of anilines is 2. The van der Waals surface area contributed by atoms with E-state index < -0.39 is 0 Å². The van der Waals surface area contributed by atoms with Crippen LogP contribution in [0.15, 0.2) is 42.5 Å². The molecule has 3 aromatic rings. The van der Waals surface area contributed by atoms with E-state index in [0.717, 1.165) is 17.0 Å². The molecule has 1 atom stereocenters. The highest BCUT2D eigenvalue weighted by Crippen LogP contribution is 2.39. The Balaban J connectivity index is 1.28. The molecule has 1 unspecified atom stereocenters. The number of thiazole rings is 1. The topological polar surface area (TPSA) is 89.6 Å². The number of nitrogens with one attached hydrogen (secondary N) is 2. The molecule has 2 aliphatic rings. The molecular formula is C22H18ClN3O4S. The van der Waals surface area contributed by atoms with Crippen molar-refractivity contribution in [3.05, 3.63) is 63.6 Å². The van der Waals surface area contributed by atoms with Gasteiger partial charge in [-0.2, -0.15) is 0 Å². The monoisotopic (exact) mass is 455 g/mol. The zero-order valence-corrected chi connectivity index (χ0v) is 17.9. The summed E-state index contributed by atoms with van der Waals surface area (Å²) in [4.78, 5) is 30.9. The number of carbonyl (C=O) groups excluding carboxylic acids is 2. The van der Waals surface area contributed by atoms with Gasteiger partial charge in [0, 0.05) is 27.2 Å². The van der Waals surface area contributed by atoms with Crippen molar-refractivity contribution in [2.24, 2.45) is 0 Å². The van der Waals surface area contributed by atoms with E-state index in [-0.39, 0.29) is 17.7 Å². The minimum Gasteiger partial charge on any atom is -0.486 e. The van der Waals surface area contributed by atoms with Gasteiger partial charge in [-0.25, -0.2) is 4.98 Å². The minimum absolute atomic E-state index is 0.128. The molecule has 2 heterocycles. The quantitative estimate of drug-likeness (QED) is 0.605. The van der Waals surface area contributed by atoms with E-state index in [2.05, 4.69) is 15.6 Å². The van der Waals surface area contributed by atoms with Gasteiger partial charge in [0.25, 0.3) is 5.91 Å². The molecule has 31 heavy (non-hydrogen) atoms. The number of amides is 2. The number of carbonyl (C=O) groups is 2. The van der Waals surface area contributed by atoms with E-state index in [1.165, 1.54) is 11.3 Å². The third kappa shape index (κ3) is 4.08. The lowest BCUT2D eigenvalue weighted by molar-refractivity contribution is -0.117. The normalized spacial score (nSPS) is 16.5. The smallest absolute Gasteiger partial charge is 0.257 e. The lowest BCUT2D eigenvalue weighted by Crippen LogP contribution is -2.20. The van der Waals surface area contributed by atoms with Crippen LogP contribution in [0.25, 0.3) is 0 Å². The van der Waals surface area contributed by atoms with Crippen molar-refractivity contribution in [2.45, 2.75) is 18.8 Å². The Labute approximate surface area is 187 Å². The number of rotatable bonds is 4. The number of nitrogens with zero attached hydrogens (tertiary/aromatic N) is 1. The molecule has 1 aliphatic carbocycles. The number of aromatic nitrogens is 1. The standard InChI is InChI=1S/C22H18ClN3O4S/c23-13-3-1-12(2-4-13)20(27)26-22-25-19-15(6-8-18(19)31-22)21(28)24-14-5-7-16-17(11-14)30-10-9-29-16/h1-5,7,11,15H,6,8-10H2,(H,24,28)(H,25,26,27). The van der Waals surface area contributed by atoms with Gasteiger partial charge < -0.3 is 14.8 Å². The highest BCUT2D eigenvalue weighted by molar-refractivity contribution is 7.16. The van der Waals surface area contributed by atoms with Crippen LogP contribution in [0.3, 0.4) is 0 Å². The number of aryl methyl sites for hydroxylation is 1. The van der Waals surface area contributed by atoms with E-state index in [4.69, 9.17) is 21.1 Å². The molecule has 1 aromatic heterocycles. The first-order valence-corrected chi connectivity index (χ1v) is 11.0. The molecule has 1 aliphatic heterocycles. The molecule has 9 heteroatoms. The fourth-order valence-electron chi connectivity index (χ4n) is 3.66. The summed E-state index contributed by atoms with van der Waals surface area (Å²) in [6, 6.07) is 12.0. The van der Waals surface area contributed by atoms with Crippen LogP contribution in [0.1, 0.15) is 33.3 Å². The second-order valence-corrected chi connectivity index (χ2v) is 8.75. The molecule has 0 radical (unpaired) electrons. The van der Waals surface area contributed by atoms with E-state index in [1.807, 2.05) is 0 Å². The summed E-state index contributed by atoms with van der Waals surface area (Å²) in [5, 5.41) is 6.81. The van der Waals surface area contributed by atoms with Gasteiger partial charge in [0.15, 0.2) is 16.6 Å². The van der Waals surface area contributed by atoms with Crippen LogP contribution < -0.4 is 20.1 Å². The van der Waals surface area contributed by atoms with Crippen molar-refractivity contribution < 1.29 is 19.1 Å². The SMILES string of the molecule is O=C(Nc1nc2c(s1)CCC2C(=O)Nc1ccc2c(c1)OCCO2)c1ccc(Cl)cc1. The summed E-state index contributed by atoms with van der Waals surface area (Å²) in [6.07, 6.45) is 1.44. The van der Waals surface area contributed by atoms with Gasteiger partial charge in [0.2, 0.25) is 5.91 Å². The van der Waals surface area contributed by atoms with Crippen molar-refractivity contribution >= 4 is 45.6 Å². The molecular weight excluding hydrogens is 438 g/mol. The fourth-order valence-corrected chi connectivity index (χ4v) is 4.82. The highest BCUT2D eigenvalue weighted by atomic mass is 35.5. The zero-order chi connectivity index (χ0) is 21.4. The first-order chi connectivity index (χ1) is 15.1. The molecule has 0 fully saturated rings. The second-order valence-electron chi connectivity index (χ2n) is 7.23. The predicted octanol–water partition coefficient (Wildman–Crippen LogP) is 4.49. The maximum absolute atomic E-state index is 12.9. The Kier molecular flexibility index (Phi) is 5.25. The average Bonchev–Trinajstić information content (AvgIpc) is 3.34. The van der Waals surface area contributed by atoms with Crippen LogP contribution in [0.2, 0.25) is 5.02 Å². The third-order valence-corrected chi connectivity index (χ3v) is 6.47. The van der Waals surface area contributed by atoms with Gasteiger partial charge in [0.1, 0.15) is 13.2 Å². The Morgan fingerprint density at radius 1 is 1.03 bits per heavy atom. The molecule has 0 spiro atoms. The molecule has 0 saturated carbocycles. The van der Waals surface area contributed by atoms with Crippen LogP contribution in [0, 0.1) is 0 Å². The molecule has 2 amide bonds. The summed E-state index contributed by atoms with van der Waals surface area (Å²) in [5.41, 5.74) is 1.87. The molecule has 7 nitrogen and oxygen atoms in total. The number of benzene rings is 2. The van der Waals surface area contributed by atoms with Gasteiger partial charge in [-0.1, -0.05) is 11.6 Å². The Hall–Kier alpha value is -3.10. The van der Waals surface area contributed by atoms with E-state index in [1.54, 1.807) is 42.5 Å². The van der Waals surface area contributed by atoms with E-state index in [9.17, 15) is 9.59 Å². The van der Waals surface area contributed by atoms with Gasteiger partial charge in [-0.3, -0.25) is 14.9 Å². The summed E-state index contributed by atoms with van der Waals surface area (Å²) in [6.45, 7) is 1.00. The largest absolute Gasteiger partial charge is 0.486 e. The summed E-state index contributed by atoms with van der Waals surface area (Å²) >= 11 is 7.28. The van der Waals surface area contributed by atoms with Crippen molar-refractivity contribution in [2.75, 3.05) is 23.8 Å². The molecule has 0 saturated heterocycles. The third-order valence-electron chi connectivity index (χ3n) is 5.17. The van der Waals surface area contributed by atoms with Crippen LogP contribution in [0.5, 0.6) is 11.5 Å². The summed E-state index contributed by atoms with van der Waals surface area (Å²) in [5.74, 6) is 0.545. The summed E-state index contributed by atoms with van der Waals surface area (Å²) < 4.78 is 11.1. The average molecular weight is 456 g/mol. The second kappa shape index (κ2) is 8.20. The van der Waals surface area contributed by atoms with Gasteiger partial charge in [-0.05, 0) is 49.2 Å². The molecule has 158 valence electrons. The fraction of sp³-hybridized carbons (Fsp3) is 0.227. The van der Waals surface area contributed by atoms with Crippen molar-refractivity contribution in [1.29, 1.82) is 0 Å². The predicted molar refractivity (Wildman–Crippen MR) is 119 cm³/mol. The Morgan fingerprint density at radius 3 is 2.61 bits per heavy atom. The van der Waals surface area contributed by atoms with Gasteiger partial charge >= 0.3 is 0 Å². The molecule has 2 aromatic carbocycles. The van der Waals surface area contributed by atoms with Crippen molar-refractivity contribution in [3.8, 4) is 11.5 Å². The highest BCUT2D eigenvalue weighted by Gasteiger charge is 2.33. The van der Waals surface area contributed by atoms with Gasteiger partial charge in [0.05, 0.1) is 11.6 Å². The first kappa shape index (κ1) is 19.8. The maximum atomic E-state index is 12.9. The van der Waals surface area contributed by atoms with Crippen LogP contribution in [-0.4, -0.2) is 30.0 Å². The molecule has 0 bridgehead atoms. The van der Waals surface area contributed by atoms with Crippen LogP contribution >= 0.6 is 22.9 Å². The van der Waals surface area contributed by atoms with E-state index in [0.29, 0.717) is 52.5 Å². The number of halogens is 1. The van der Waals surface area contributed by atoms with Crippen LogP contribution in [-0.2, 0) is 11.2 Å². The van der Waals surface area contributed by atoms with Crippen molar-refractivity contribution in [3.63, 3.8) is 0 Å². The zero-order valence-electron chi connectivity index (χ0n) is 16.3. The summed E-state index contributed by atoms with van der Waals surface area (Å²) in [7, 11) is 0. The molecule has 2 N–H and O–H groups in total. The molecule has 5 rings (SSSR count). The Morgan fingerprint density at radius 2 is 1.81 bits per heavy atom. The Bertz CT molecular complexity index is 1160. The van der Waals surface area contributed by atoms with Crippen LogP contribution in [0.4, 0.5) is 10.8 Å². The lowest BCUT2D eigenvalue weighted by atomic mass is 10.1. The van der Waals surface area contributed by atoms with E-state index >= 15 is 0 Å². The maximum Gasteiger partial charge on any atom is 0.257 e. The number of hydrogen-bond donors (Lipinski definition) is 2. The number of fused-ring (bicyclic) bond motifs is 2. The van der Waals surface area contributed by atoms with Crippen molar-refractivity contribution in [1.82, 2.24) is 4.98 Å².